The van der Waals surface area contributed by atoms with Gasteiger partial charge in [0.25, 0.3) is 0 Å². The molecule has 1 N–H and O–H groups in total. The molecule has 11 heavy (non-hydrogen) atoms. The summed E-state index contributed by atoms with van der Waals surface area (Å²) in [4.78, 5) is 0. The van der Waals surface area contributed by atoms with Crippen LogP contribution in [0, 0.1) is 5.92 Å². The van der Waals surface area contributed by atoms with Gasteiger partial charge in [0.2, 0.25) is 0 Å². The largest absolute Gasteiger partial charge is 0.396 e. The van der Waals surface area contributed by atoms with Crippen LogP contribution < -0.4 is 0 Å². The lowest BCUT2D eigenvalue weighted by atomic mass is 10.1. The normalized spacial score (nSPS) is 10.9. The molecule has 0 aliphatic rings. The van der Waals surface area contributed by atoms with Gasteiger partial charge in [-0.15, -0.1) is 0 Å². The highest BCUT2D eigenvalue weighted by Crippen LogP contribution is 2.18. The van der Waals surface area contributed by atoms with E-state index in [1.807, 2.05) is 13.8 Å². The van der Waals surface area contributed by atoms with Crippen LogP contribution in [0.3, 0.4) is 0 Å². The summed E-state index contributed by atoms with van der Waals surface area (Å²) in [5, 5.41) is 8.37. The fourth-order valence-corrected chi connectivity index (χ4v) is 0.443. The van der Waals surface area contributed by atoms with Crippen molar-refractivity contribution in [3.05, 3.63) is 0 Å². The van der Waals surface area contributed by atoms with Crippen LogP contribution >= 0.6 is 15.9 Å². The van der Waals surface area contributed by atoms with Gasteiger partial charge in [-0.05, 0) is 26.2 Å². The third kappa shape index (κ3) is 37.7. The second kappa shape index (κ2) is 7.11. The van der Waals surface area contributed by atoms with Crippen LogP contribution in [0.4, 0.5) is 0 Å². The van der Waals surface area contributed by atoms with Crippen molar-refractivity contribution in [2.24, 2.45) is 5.92 Å². The SMILES string of the molecule is CC(C)(Br)CCO.CC(C)C. The monoisotopic (exact) mass is 224 g/mol. The van der Waals surface area contributed by atoms with Crippen LogP contribution in [0.2, 0.25) is 0 Å². The quantitative estimate of drug-likeness (QED) is 0.715. The van der Waals surface area contributed by atoms with Crippen molar-refractivity contribution in [1.82, 2.24) is 0 Å². The first-order valence-electron chi connectivity index (χ1n) is 4.09. The van der Waals surface area contributed by atoms with Crippen molar-refractivity contribution in [3.63, 3.8) is 0 Å². The minimum Gasteiger partial charge on any atom is -0.396 e. The molecule has 0 amide bonds. The standard InChI is InChI=1S/C5H11BrO.C4H10/c1-5(2,6)3-4-7;1-4(2)3/h7H,3-4H2,1-2H3;4H,1-3H3. The van der Waals surface area contributed by atoms with Crippen molar-refractivity contribution in [1.29, 1.82) is 0 Å². The maximum Gasteiger partial charge on any atom is 0.0444 e. The molecule has 0 aromatic heterocycles. The maximum absolute atomic E-state index is 8.37. The lowest BCUT2D eigenvalue weighted by Gasteiger charge is -2.12. The zero-order chi connectivity index (χ0) is 9.49. The van der Waals surface area contributed by atoms with Crippen LogP contribution in [0.25, 0.3) is 0 Å². The van der Waals surface area contributed by atoms with Crippen molar-refractivity contribution < 1.29 is 5.11 Å². The Labute approximate surface area is 79.3 Å². The third-order valence-corrected chi connectivity index (χ3v) is 1.10. The Hall–Kier alpha value is 0.440. The van der Waals surface area contributed by atoms with E-state index in [2.05, 4.69) is 36.7 Å². The molecular weight excluding hydrogens is 204 g/mol. The second-order valence-electron chi connectivity index (χ2n) is 3.92. The second-order valence-corrected chi connectivity index (χ2v) is 6.07. The van der Waals surface area contributed by atoms with E-state index in [9.17, 15) is 0 Å². The van der Waals surface area contributed by atoms with E-state index in [1.165, 1.54) is 0 Å². The molecule has 0 unspecified atom stereocenters. The summed E-state index contributed by atoms with van der Waals surface area (Å²) in [6, 6.07) is 0. The van der Waals surface area contributed by atoms with Gasteiger partial charge in [0.1, 0.15) is 0 Å². The minimum absolute atomic E-state index is 0.113. The summed E-state index contributed by atoms with van der Waals surface area (Å²) in [6.45, 7) is 10.8. The Morgan fingerprint density at radius 2 is 1.55 bits per heavy atom. The molecule has 0 fully saturated rings. The molecule has 0 saturated heterocycles. The summed E-state index contributed by atoms with van der Waals surface area (Å²) < 4.78 is 0.113. The molecule has 2 heteroatoms. The van der Waals surface area contributed by atoms with Gasteiger partial charge in [0, 0.05) is 10.9 Å². The van der Waals surface area contributed by atoms with E-state index in [0.717, 1.165) is 12.3 Å². The summed E-state index contributed by atoms with van der Waals surface area (Å²) in [5.74, 6) is 0.833. The first kappa shape index (κ1) is 14.0. The van der Waals surface area contributed by atoms with E-state index >= 15 is 0 Å². The first-order valence-corrected chi connectivity index (χ1v) is 4.88. The Morgan fingerprint density at radius 1 is 1.27 bits per heavy atom. The van der Waals surface area contributed by atoms with Crippen LogP contribution in [-0.4, -0.2) is 16.0 Å². The molecule has 0 aromatic rings. The molecule has 0 bridgehead atoms. The van der Waals surface area contributed by atoms with Crippen molar-refractivity contribution >= 4 is 15.9 Å². The lowest BCUT2D eigenvalue weighted by Crippen LogP contribution is -2.10. The van der Waals surface area contributed by atoms with Crippen LogP contribution in [0.5, 0.6) is 0 Å². The molecule has 0 radical (unpaired) electrons. The Morgan fingerprint density at radius 3 is 1.55 bits per heavy atom. The molecule has 0 rings (SSSR count). The number of hydrogen-bond donors (Lipinski definition) is 1. The Bertz CT molecular complexity index is 71.4. The Kier molecular flexibility index (Phi) is 9.04. The van der Waals surface area contributed by atoms with E-state index in [0.29, 0.717) is 0 Å². The zero-order valence-corrected chi connectivity index (χ0v) is 9.90. The first-order chi connectivity index (χ1) is 4.79. The molecular formula is C9H21BrO. The maximum atomic E-state index is 8.37. The van der Waals surface area contributed by atoms with Gasteiger partial charge in [0.05, 0.1) is 0 Å². The van der Waals surface area contributed by atoms with Gasteiger partial charge < -0.3 is 5.11 Å². The van der Waals surface area contributed by atoms with Gasteiger partial charge in [-0.3, -0.25) is 0 Å². The highest BCUT2D eigenvalue weighted by atomic mass is 79.9. The van der Waals surface area contributed by atoms with Gasteiger partial charge >= 0.3 is 0 Å². The fourth-order valence-electron chi connectivity index (χ4n) is 0.266. The number of halogens is 1. The average Bonchev–Trinajstić information content (AvgIpc) is 1.58. The molecule has 0 spiro atoms. The van der Waals surface area contributed by atoms with Crippen molar-refractivity contribution in [2.75, 3.05) is 6.61 Å². The van der Waals surface area contributed by atoms with E-state index in [4.69, 9.17) is 5.11 Å². The summed E-state index contributed by atoms with van der Waals surface area (Å²) in [6.07, 6.45) is 0.812. The zero-order valence-electron chi connectivity index (χ0n) is 8.32. The Balaban J connectivity index is 0. The van der Waals surface area contributed by atoms with E-state index in [-0.39, 0.29) is 10.9 Å². The molecule has 0 saturated carbocycles. The molecule has 0 aliphatic carbocycles. The number of rotatable bonds is 2. The number of alkyl halides is 1. The number of hydrogen-bond acceptors (Lipinski definition) is 1. The van der Waals surface area contributed by atoms with Gasteiger partial charge in [-0.25, -0.2) is 0 Å². The van der Waals surface area contributed by atoms with Gasteiger partial charge in [-0.1, -0.05) is 36.7 Å². The predicted octanol–water partition coefficient (Wildman–Crippen LogP) is 3.20. The molecule has 0 aliphatic heterocycles. The summed E-state index contributed by atoms with van der Waals surface area (Å²) in [7, 11) is 0. The highest BCUT2D eigenvalue weighted by molar-refractivity contribution is 9.10. The topological polar surface area (TPSA) is 20.2 Å². The predicted molar refractivity (Wildman–Crippen MR) is 55.2 cm³/mol. The molecule has 0 atom stereocenters. The third-order valence-electron chi connectivity index (χ3n) is 0.706. The summed E-state index contributed by atoms with van der Waals surface area (Å²) in [5.41, 5.74) is 0. The van der Waals surface area contributed by atoms with Gasteiger partial charge in [0.15, 0.2) is 0 Å². The minimum atomic E-state index is 0.113. The molecule has 0 aromatic carbocycles. The van der Waals surface area contributed by atoms with E-state index < -0.39 is 0 Å². The van der Waals surface area contributed by atoms with Crippen LogP contribution in [-0.2, 0) is 0 Å². The van der Waals surface area contributed by atoms with Crippen LogP contribution in [0.1, 0.15) is 41.0 Å². The van der Waals surface area contributed by atoms with Crippen molar-refractivity contribution in [2.45, 2.75) is 45.4 Å². The highest BCUT2D eigenvalue weighted by Gasteiger charge is 2.09. The summed E-state index contributed by atoms with van der Waals surface area (Å²) >= 11 is 3.38. The lowest BCUT2D eigenvalue weighted by molar-refractivity contribution is 0.276. The van der Waals surface area contributed by atoms with E-state index in [1.54, 1.807) is 0 Å². The molecule has 0 heterocycles. The molecule has 1 nitrogen and oxygen atoms in total. The molecule has 70 valence electrons. The van der Waals surface area contributed by atoms with Crippen molar-refractivity contribution in [3.8, 4) is 0 Å². The number of aliphatic hydroxyl groups is 1. The average molecular weight is 225 g/mol. The number of aliphatic hydroxyl groups excluding tert-OH is 1. The van der Waals surface area contributed by atoms with Gasteiger partial charge in [-0.2, -0.15) is 0 Å². The fraction of sp³-hybridized carbons (Fsp3) is 1.00. The van der Waals surface area contributed by atoms with Crippen LogP contribution in [0.15, 0.2) is 0 Å². The smallest absolute Gasteiger partial charge is 0.0444 e.